The fourth-order valence-electron chi connectivity index (χ4n) is 2.01. The molecule has 1 aliphatic heterocycles. The Balaban J connectivity index is 0.000000963. The number of hydrogen-bond donors (Lipinski definition) is 0. The number of benzene rings is 1. The van der Waals surface area contributed by atoms with Crippen molar-refractivity contribution in [1.29, 1.82) is 0 Å². The molecule has 1 aromatic heterocycles. The van der Waals surface area contributed by atoms with Crippen molar-refractivity contribution in [1.82, 2.24) is 9.55 Å². The SMILES string of the molecule is Cl.O=C1Cc2c3ccccc3nc(=O)n2C1. The fourth-order valence-corrected chi connectivity index (χ4v) is 2.01. The number of carbonyl (C=O) groups is 1. The van der Waals surface area contributed by atoms with E-state index in [1.54, 1.807) is 6.07 Å². The Hall–Kier alpha value is -1.68. The van der Waals surface area contributed by atoms with Crippen LogP contribution in [0.4, 0.5) is 0 Å². The average Bonchev–Trinajstić information content (AvgIpc) is 2.61. The van der Waals surface area contributed by atoms with E-state index in [-0.39, 0.29) is 30.4 Å². The molecule has 0 bridgehead atoms. The van der Waals surface area contributed by atoms with E-state index >= 15 is 0 Å². The van der Waals surface area contributed by atoms with Gasteiger partial charge in [-0.25, -0.2) is 4.79 Å². The highest BCUT2D eigenvalue weighted by Gasteiger charge is 2.21. The molecule has 5 heteroatoms. The van der Waals surface area contributed by atoms with Crippen molar-refractivity contribution < 1.29 is 4.79 Å². The van der Waals surface area contributed by atoms with Crippen LogP contribution in [0, 0.1) is 0 Å². The van der Waals surface area contributed by atoms with Gasteiger partial charge in [-0.15, -0.1) is 12.4 Å². The molecular formula is C11H9ClN2O2. The molecule has 0 spiro atoms. The van der Waals surface area contributed by atoms with Crippen LogP contribution in [-0.4, -0.2) is 15.3 Å². The molecule has 16 heavy (non-hydrogen) atoms. The molecule has 0 saturated carbocycles. The summed E-state index contributed by atoms with van der Waals surface area (Å²) in [4.78, 5) is 26.8. The van der Waals surface area contributed by atoms with E-state index in [4.69, 9.17) is 0 Å². The van der Waals surface area contributed by atoms with Crippen LogP contribution in [0.25, 0.3) is 10.9 Å². The standard InChI is InChI=1S/C11H8N2O2.ClH/c14-7-5-10-8-3-1-2-4-9(8)12-11(15)13(10)6-7;/h1-4H,5-6H2;1H. The van der Waals surface area contributed by atoms with Gasteiger partial charge in [0, 0.05) is 17.5 Å². The second-order valence-corrected chi connectivity index (χ2v) is 3.66. The Bertz CT molecular complexity index is 633. The molecule has 0 saturated heterocycles. The fraction of sp³-hybridized carbons (Fsp3) is 0.182. The van der Waals surface area contributed by atoms with Gasteiger partial charge in [-0.2, -0.15) is 4.98 Å². The Morgan fingerprint density at radius 1 is 1.19 bits per heavy atom. The van der Waals surface area contributed by atoms with Crippen molar-refractivity contribution in [2.24, 2.45) is 0 Å². The highest BCUT2D eigenvalue weighted by molar-refractivity contribution is 5.90. The minimum atomic E-state index is -0.324. The maximum Gasteiger partial charge on any atom is 0.348 e. The average molecular weight is 237 g/mol. The number of halogens is 1. The number of para-hydroxylation sites is 1. The number of aromatic nitrogens is 2. The predicted molar refractivity (Wildman–Crippen MR) is 62.0 cm³/mol. The minimum absolute atomic E-state index is 0. The lowest BCUT2D eigenvalue weighted by atomic mass is 10.1. The first-order chi connectivity index (χ1) is 7.25. The van der Waals surface area contributed by atoms with Crippen molar-refractivity contribution >= 4 is 29.1 Å². The molecule has 0 atom stereocenters. The Morgan fingerprint density at radius 2 is 1.94 bits per heavy atom. The zero-order valence-corrected chi connectivity index (χ0v) is 9.16. The second kappa shape index (κ2) is 3.72. The molecule has 1 aromatic carbocycles. The maximum atomic E-state index is 11.6. The lowest BCUT2D eigenvalue weighted by molar-refractivity contribution is -0.117. The lowest BCUT2D eigenvalue weighted by Crippen LogP contribution is -2.23. The maximum absolute atomic E-state index is 11.6. The molecule has 0 unspecified atom stereocenters. The quantitative estimate of drug-likeness (QED) is 0.684. The van der Waals surface area contributed by atoms with Crippen molar-refractivity contribution in [3.63, 3.8) is 0 Å². The Morgan fingerprint density at radius 3 is 2.75 bits per heavy atom. The number of hydrogen-bond acceptors (Lipinski definition) is 3. The highest BCUT2D eigenvalue weighted by atomic mass is 35.5. The third-order valence-electron chi connectivity index (χ3n) is 2.69. The summed E-state index contributed by atoms with van der Waals surface area (Å²) in [6.07, 6.45) is 0.346. The summed E-state index contributed by atoms with van der Waals surface area (Å²) in [5, 5.41) is 0.906. The molecule has 0 aliphatic carbocycles. The van der Waals surface area contributed by atoms with E-state index in [0.717, 1.165) is 11.1 Å². The topological polar surface area (TPSA) is 52.0 Å². The summed E-state index contributed by atoms with van der Waals surface area (Å²) in [5.41, 5.74) is 1.15. The first-order valence-corrected chi connectivity index (χ1v) is 4.76. The van der Waals surface area contributed by atoms with E-state index < -0.39 is 0 Å². The summed E-state index contributed by atoms with van der Waals surface area (Å²) >= 11 is 0. The van der Waals surface area contributed by atoms with Gasteiger partial charge in [0.15, 0.2) is 5.78 Å². The first kappa shape index (κ1) is 10.8. The zero-order chi connectivity index (χ0) is 10.4. The van der Waals surface area contributed by atoms with Crippen LogP contribution in [-0.2, 0) is 17.8 Å². The molecular weight excluding hydrogens is 228 g/mol. The number of ketones is 1. The summed E-state index contributed by atoms with van der Waals surface area (Å²) < 4.78 is 1.46. The number of nitrogens with zero attached hydrogens (tertiary/aromatic N) is 2. The molecule has 82 valence electrons. The van der Waals surface area contributed by atoms with Gasteiger partial charge in [-0.05, 0) is 6.07 Å². The van der Waals surface area contributed by atoms with Crippen LogP contribution >= 0.6 is 12.4 Å². The van der Waals surface area contributed by atoms with Gasteiger partial charge in [-0.1, -0.05) is 18.2 Å². The normalized spacial score (nSPS) is 13.6. The zero-order valence-electron chi connectivity index (χ0n) is 8.34. The van der Waals surface area contributed by atoms with E-state index in [9.17, 15) is 9.59 Å². The van der Waals surface area contributed by atoms with Gasteiger partial charge in [0.2, 0.25) is 0 Å². The lowest BCUT2D eigenvalue weighted by Gasteiger charge is -2.04. The predicted octanol–water partition coefficient (Wildman–Crippen LogP) is 0.943. The number of Topliss-reactive ketones (excluding diaryl/α,β-unsaturated/α-hetero) is 1. The molecule has 1 aliphatic rings. The smallest absolute Gasteiger partial charge is 0.297 e. The van der Waals surface area contributed by atoms with Gasteiger partial charge in [0.05, 0.1) is 12.1 Å². The van der Waals surface area contributed by atoms with Crippen LogP contribution in [0.3, 0.4) is 0 Å². The van der Waals surface area contributed by atoms with Crippen LogP contribution in [0.15, 0.2) is 29.1 Å². The first-order valence-electron chi connectivity index (χ1n) is 4.76. The number of carbonyl (C=O) groups excluding carboxylic acids is 1. The van der Waals surface area contributed by atoms with E-state index in [1.165, 1.54) is 4.57 Å². The third-order valence-corrected chi connectivity index (χ3v) is 2.69. The van der Waals surface area contributed by atoms with E-state index in [1.807, 2.05) is 18.2 Å². The second-order valence-electron chi connectivity index (χ2n) is 3.66. The van der Waals surface area contributed by atoms with Crippen LogP contribution in [0.1, 0.15) is 5.69 Å². The molecule has 3 rings (SSSR count). The molecule has 0 amide bonds. The highest BCUT2D eigenvalue weighted by Crippen LogP contribution is 2.19. The molecule has 2 aromatic rings. The van der Waals surface area contributed by atoms with Gasteiger partial charge in [0.1, 0.15) is 0 Å². The summed E-state index contributed by atoms with van der Waals surface area (Å²) in [7, 11) is 0. The van der Waals surface area contributed by atoms with Crippen molar-refractivity contribution in [3.05, 3.63) is 40.4 Å². The van der Waals surface area contributed by atoms with Gasteiger partial charge in [0.25, 0.3) is 0 Å². The minimum Gasteiger partial charge on any atom is -0.297 e. The van der Waals surface area contributed by atoms with Gasteiger partial charge in [-0.3, -0.25) is 9.36 Å². The monoisotopic (exact) mass is 236 g/mol. The molecule has 4 nitrogen and oxygen atoms in total. The van der Waals surface area contributed by atoms with Crippen LogP contribution < -0.4 is 5.69 Å². The van der Waals surface area contributed by atoms with Crippen LogP contribution in [0.5, 0.6) is 0 Å². The summed E-state index contributed by atoms with van der Waals surface area (Å²) in [6, 6.07) is 7.41. The van der Waals surface area contributed by atoms with E-state index in [0.29, 0.717) is 11.9 Å². The molecule has 0 radical (unpaired) electrons. The van der Waals surface area contributed by atoms with Gasteiger partial charge < -0.3 is 0 Å². The summed E-state index contributed by atoms with van der Waals surface area (Å²) in [6.45, 7) is 0.173. The molecule has 0 N–H and O–H groups in total. The molecule has 2 heterocycles. The Labute approximate surface area is 97.3 Å². The molecule has 0 fully saturated rings. The van der Waals surface area contributed by atoms with E-state index in [2.05, 4.69) is 4.98 Å². The number of rotatable bonds is 0. The van der Waals surface area contributed by atoms with Crippen molar-refractivity contribution in [2.75, 3.05) is 0 Å². The largest absolute Gasteiger partial charge is 0.348 e. The van der Waals surface area contributed by atoms with Crippen molar-refractivity contribution in [3.8, 4) is 0 Å². The third kappa shape index (κ3) is 1.42. The van der Waals surface area contributed by atoms with Crippen molar-refractivity contribution in [2.45, 2.75) is 13.0 Å². The van der Waals surface area contributed by atoms with Gasteiger partial charge >= 0.3 is 5.69 Å². The van der Waals surface area contributed by atoms with Crippen LogP contribution in [0.2, 0.25) is 0 Å². The number of fused-ring (bicyclic) bond motifs is 3. The summed E-state index contributed by atoms with van der Waals surface area (Å²) in [5.74, 6) is 0.0743. The Kier molecular flexibility index (Phi) is 2.52.